The molecule has 2 rings (SSSR count). The van der Waals surface area contributed by atoms with Crippen molar-refractivity contribution in [3.05, 3.63) is 46.5 Å². The Morgan fingerprint density at radius 1 is 1.14 bits per heavy atom. The fourth-order valence-electron chi connectivity index (χ4n) is 2.82. The number of carbonyl (C=O) groups is 1. The Balaban J connectivity index is 2.01. The molecule has 1 heterocycles. The summed E-state index contributed by atoms with van der Waals surface area (Å²) in [7, 11) is 0. The van der Waals surface area contributed by atoms with Crippen molar-refractivity contribution in [3.63, 3.8) is 0 Å². The van der Waals surface area contributed by atoms with Crippen molar-refractivity contribution in [2.75, 3.05) is 0 Å². The first-order valence-corrected chi connectivity index (χ1v) is 8.83. The number of aliphatic hydroxyl groups is 1. The fourth-order valence-corrected chi connectivity index (χ4v) is 3.43. The van der Waals surface area contributed by atoms with Crippen molar-refractivity contribution >= 4 is 21.8 Å². The lowest BCUT2D eigenvalue weighted by Gasteiger charge is -2.35. The Kier molecular flexibility index (Phi) is 6.21. The Hall–Kier alpha value is -1.13. The standard InChI is InChI=1S/C18H24BrNO2/c1-2-3-4-5-9-12-18(22)16(19)13-17(21)20(18)14-15-10-7-6-8-11-15/h6-8,10-11,13,22H,2-5,9,12,14H2,1H3. The summed E-state index contributed by atoms with van der Waals surface area (Å²) in [5, 5.41) is 11.0. The van der Waals surface area contributed by atoms with E-state index in [9.17, 15) is 9.90 Å². The zero-order chi connectivity index (χ0) is 16.0. The van der Waals surface area contributed by atoms with E-state index in [4.69, 9.17) is 0 Å². The van der Waals surface area contributed by atoms with Crippen LogP contribution in [-0.4, -0.2) is 21.6 Å². The van der Waals surface area contributed by atoms with Crippen LogP contribution in [-0.2, 0) is 11.3 Å². The highest BCUT2D eigenvalue weighted by Gasteiger charge is 2.44. The van der Waals surface area contributed by atoms with E-state index in [0.29, 0.717) is 17.4 Å². The molecule has 22 heavy (non-hydrogen) atoms. The van der Waals surface area contributed by atoms with Gasteiger partial charge in [0.25, 0.3) is 0 Å². The maximum absolute atomic E-state index is 12.2. The third-order valence-corrected chi connectivity index (χ3v) is 5.02. The van der Waals surface area contributed by atoms with E-state index in [1.54, 1.807) is 4.90 Å². The molecule has 0 spiro atoms. The molecule has 0 radical (unpaired) electrons. The SMILES string of the molecule is CCCCCCCC1(O)C(Br)=CC(=O)N1Cc1ccccc1. The maximum Gasteiger partial charge on any atom is 0.250 e. The average Bonchev–Trinajstić information content (AvgIpc) is 2.72. The number of amides is 1. The van der Waals surface area contributed by atoms with Crippen LogP contribution in [0.5, 0.6) is 0 Å². The number of halogens is 1. The minimum Gasteiger partial charge on any atom is -0.366 e. The van der Waals surface area contributed by atoms with Crippen molar-refractivity contribution < 1.29 is 9.90 Å². The Labute approximate surface area is 141 Å². The monoisotopic (exact) mass is 365 g/mol. The van der Waals surface area contributed by atoms with Crippen LogP contribution in [0.1, 0.15) is 51.0 Å². The molecule has 1 aliphatic heterocycles. The lowest BCUT2D eigenvalue weighted by Crippen LogP contribution is -2.47. The van der Waals surface area contributed by atoms with E-state index < -0.39 is 5.72 Å². The van der Waals surface area contributed by atoms with Gasteiger partial charge in [0.05, 0.1) is 4.48 Å². The lowest BCUT2D eigenvalue weighted by molar-refractivity contribution is -0.144. The molecule has 0 fully saturated rings. The highest BCUT2D eigenvalue weighted by atomic mass is 79.9. The summed E-state index contributed by atoms with van der Waals surface area (Å²) >= 11 is 3.39. The van der Waals surface area contributed by atoms with E-state index >= 15 is 0 Å². The van der Waals surface area contributed by atoms with E-state index in [1.807, 2.05) is 30.3 Å². The predicted molar refractivity (Wildman–Crippen MR) is 92.3 cm³/mol. The first kappa shape index (κ1) is 17.2. The molecule has 0 bridgehead atoms. The molecule has 1 atom stereocenters. The van der Waals surface area contributed by atoms with Crippen LogP contribution in [0.3, 0.4) is 0 Å². The molecule has 3 nitrogen and oxygen atoms in total. The number of benzene rings is 1. The number of unbranched alkanes of at least 4 members (excludes halogenated alkanes) is 4. The van der Waals surface area contributed by atoms with Crippen molar-refractivity contribution in [1.82, 2.24) is 4.90 Å². The topological polar surface area (TPSA) is 40.5 Å². The highest BCUT2D eigenvalue weighted by Crippen LogP contribution is 2.38. The lowest BCUT2D eigenvalue weighted by atomic mass is 10.0. The fraction of sp³-hybridized carbons (Fsp3) is 0.500. The molecule has 4 heteroatoms. The second-order valence-corrected chi connectivity index (χ2v) is 6.74. The Morgan fingerprint density at radius 3 is 2.50 bits per heavy atom. The van der Waals surface area contributed by atoms with Crippen LogP contribution >= 0.6 is 15.9 Å². The molecule has 120 valence electrons. The van der Waals surface area contributed by atoms with Gasteiger partial charge in [-0.05, 0) is 12.0 Å². The van der Waals surface area contributed by atoms with Crippen molar-refractivity contribution in [3.8, 4) is 0 Å². The minimum atomic E-state index is -1.20. The van der Waals surface area contributed by atoms with Crippen LogP contribution in [0.25, 0.3) is 0 Å². The molecular weight excluding hydrogens is 342 g/mol. The van der Waals surface area contributed by atoms with Gasteiger partial charge >= 0.3 is 0 Å². The number of hydrogen-bond acceptors (Lipinski definition) is 2. The van der Waals surface area contributed by atoms with Gasteiger partial charge in [0.15, 0.2) is 5.72 Å². The van der Waals surface area contributed by atoms with E-state index in [-0.39, 0.29) is 5.91 Å². The molecule has 0 saturated carbocycles. The van der Waals surface area contributed by atoms with Crippen molar-refractivity contribution in [2.45, 2.75) is 57.7 Å². The van der Waals surface area contributed by atoms with Crippen molar-refractivity contribution in [2.24, 2.45) is 0 Å². The molecule has 0 aromatic heterocycles. The predicted octanol–water partition coefficient (Wildman–Crippen LogP) is 4.36. The molecule has 1 N–H and O–H groups in total. The summed E-state index contributed by atoms with van der Waals surface area (Å²) in [6.07, 6.45) is 7.68. The molecular formula is C18H24BrNO2. The van der Waals surface area contributed by atoms with Gasteiger partial charge in [0.1, 0.15) is 0 Å². The summed E-state index contributed by atoms with van der Waals surface area (Å²) in [4.78, 5) is 13.8. The molecule has 0 saturated heterocycles. The molecule has 1 aliphatic rings. The second kappa shape index (κ2) is 7.93. The molecule has 1 unspecified atom stereocenters. The number of hydrogen-bond donors (Lipinski definition) is 1. The first-order chi connectivity index (χ1) is 10.6. The number of carbonyl (C=O) groups excluding carboxylic acids is 1. The van der Waals surface area contributed by atoms with Gasteiger partial charge < -0.3 is 10.0 Å². The van der Waals surface area contributed by atoms with E-state index in [0.717, 1.165) is 18.4 Å². The zero-order valence-corrected chi connectivity index (χ0v) is 14.7. The average molecular weight is 366 g/mol. The van der Waals surface area contributed by atoms with Gasteiger partial charge in [0.2, 0.25) is 5.91 Å². The third-order valence-electron chi connectivity index (χ3n) is 4.16. The molecule has 1 amide bonds. The quantitative estimate of drug-likeness (QED) is 0.695. The first-order valence-electron chi connectivity index (χ1n) is 8.03. The normalized spacial score (nSPS) is 21.3. The van der Waals surface area contributed by atoms with Gasteiger partial charge in [-0.15, -0.1) is 0 Å². The van der Waals surface area contributed by atoms with Gasteiger partial charge in [-0.1, -0.05) is 78.9 Å². The largest absolute Gasteiger partial charge is 0.366 e. The summed E-state index contributed by atoms with van der Waals surface area (Å²) < 4.78 is 0.580. The van der Waals surface area contributed by atoms with Gasteiger partial charge in [0, 0.05) is 19.0 Å². The molecule has 1 aromatic rings. The van der Waals surface area contributed by atoms with Crippen LogP contribution in [0.4, 0.5) is 0 Å². The van der Waals surface area contributed by atoms with Gasteiger partial charge in [-0.3, -0.25) is 4.79 Å². The molecule has 1 aromatic carbocycles. The Bertz CT molecular complexity index is 529. The summed E-state index contributed by atoms with van der Waals surface area (Å²) in [6, 6.07) is 9.79. The van der Waals surface area contributed by atoms with Crippen LogP contribution in [0.2, 0.25) is 0 Å². The minimum absolute atomic E-state index is 0.133. The third kappa shape index (κ3) is 3.99. The maximum atomic E-state index is 12.2. The zero-order valence-electron chi connectivity index (χ0n) is 13.1. The van der Waals surface area contributed by atoms with E-state index in [1.165, 1.54) is 25.3 Å². The van der Waals surface area contributed by atoms with Crippen LogP contribution < -0.4 is 0 Å². The van der Waals surface area contributed by atoms with Crippen LogP contribution in [0, 0.1) is 0 Å². The van der Waals surface area contributed by atoms with Gasteiger partial charge in [-0.25, -0.2) is 0 Å². The number of rotatable bonds is 8. The second-order valence-electron chi connectivity index (χ2n) is 5.88. The summed E-state index contributed by atoms with van der Waals surface area (Å²) in [6.45, 7) is 2.61. The van der Waals surface area contributed by atoms with Crippen LogP contribution in [0.15, 0.2) is 40.9 Å². The van der Waals surface area contributed by atoms with E-state index in [2.05, 4.69) is 22.9 Å². The smallest absolute Gasteiger partial charge is 0.250 e. The number of nitrogens with zero attached hydrogens (tertiary/aromatic N) is 1. The summed E-state index contributed by atoms with van der Waals surface area (Å²) in [5.41, 5.74) is -0.171. The van der Waals surface area contributed by atoms with Gasteiger partial charge in [-0.2, -0.15) is 0 Å². The molecule has 0 aliphatic carbocycles. The Morgan fingerprint density at radius 2 is 1.82 bits per heavy atom. The highest BCUT2D eigenvalue weighted by molar-refractivity contribution is 9.11. The summed E-state index contributed by atoms with van der Waals surface area (Å²) in [5.74, 6) is -0.133. The van der Waals surface area contributed by atoms with Crippen molar-refractivity contribution in [1.29, 1.82) is 0 Å².